The van der Waals surface area contributed by atoms with Gasteiger partial charge in [-0.05, 0) is 77.3 Å². The molecule has 1 heterocycles. The van der Waals surface area contributed by atoms with Gasteiger partial charge in [-0.1, -0.05) is 24.3 Å². The molecule has 7 heteroatoms. The molecule has 0 saturated carbocycles. The summed E-state index contributed by atoms with van der Waals surface area (Å²) >= 11 is 3.53. The van der Waals surface area contributed by atoms with Gasteiger partial charge in [-0.3, -0.25) is 0 Å². The molecule has 0 aliphatic carbocycles. The number of imidazole rings is 1. The number of aromatic amines is 1. The van der Waals surface area contributed by atoms with Crippen LogP contribution in [0.1, 0.15) is 29.4 Å². The Morgan fingerprint density at radius 1 is 1.18 bits per heavy atom. The Balaban J connectivity index is 1.67. The Kier molecular flexibility index (Phi) is 6.76. The number of aryl methyl sites for hydroxylation is 1. The predicted molar refractivity (Wildman–Crippen MR) is 130 cm³/mol. The summed E-state index contributed by atoms with van der Waals surface area (Å²) in [6.45, 7) is 4.35. The number of halogens is 2. The molecule has 0 aliphatic heterocycles. The number of aromatic nitrogens is 2. The van der Waals surface area contributed by atoms with Crippen molar-refractivity contribution in [2.45, 2.75) is 20.5 Å². The fourth-order valence-electron chi connectivity index (χ4n) is 3.41. The minimum absolute atomic E-state index is 0.0579. The van der Waals surface area contributed by atoms with Gasteiger partial charge in [-0.15, -0.1) is 0 Å². The van der Waals surface area contributed by atoms with Crippen molar-refractivity contribution in [2.24, 2.45) is 0 Å². The third-order valence-electron chi connectivity index (χ3n) is 4.99. The van der Waals surface area contributed by atoms with E-state index in [1.54, 1.807) is 30.3 Å². The maximum Gasteiger partial charge on any atom is 0.175 e. The van der Waals surface area contributed by atoms with Crippen LogP contribution in [-0.2, 0) is 6.61 Å². The van der Waals surface area contributed by atoms with Gasteiger partial charge in [0.2, 0.25) is 0 Å². The van der Waals surface area contributed by atoms with Gasteiger partial charge in [-0.2, -0.15) is 5.26 Å². The number of nitrogens with zero attached hydrogens (tertiary/aromatic N) is 2. The lowest BCUT2D eigenvalue weighted by Gasteiger charge is -2.15. The molecule has 0 bridgehead atoms. The van der Waals surface area contributed by atoms with E-state index in [2.05, 4.69) is 32.0 Å². The van der Waals surface area contributed by atoms with Crippen LogP contribution in [-0.4, -0.2) is 16.6 Å². The minimum atomic E-state index is -0.328. The molecule has 3 aromatic carbocycles. The maximum absolute atomic E-state index is 14.0. The molecule has 4 aromatic rings. The Morgan fingerprint density at radius 3 is 2.76 bits per heavy atom. The maximum atomic E-state index is 14.0. The standard InChI is InChI=1S/C26H21BrFN3O2/c1-3-32-24-13-17(12-20(27)25(24)33-15-18-6-4-5-7-21(18)28)11-19(14-29)26-30-22-9-8-16(2)10-23(22)31-26/h4-13H,3,15H2,1-2H3,(H,30,31)/b19-11-. The summed E-state index contributed by atoms with van der Waals surface area (Å²) in [4.78, 5) is 7.75. The van der Waals surface area contributed by atoms with Crippen molar-refractivity contribution in [3.05, 3.63) is 87.4 Å². The molecule has 0 aliphatic rings. The van der Waals surface area contributed by atoms with E-state index in [9.17, 15) is 9.65 Å². The summed E-state index contributed by atoms with van der Waals surface area (Å²) in [5.74, 6) is 1.12. The van der Waals surface area contributed by atoms with Crippen LogP contribution in [0.4, 0.5) is 4.39 Å². The smallest absolute Gasteiger partial charge is 0.175 e. The van der Waals surface area contributed by atoms with Crippen molar-refractivity contribution in [1.29, 1.82) is 5.26 Å². The molecule has 0 unspecified atom stereocenters. The molecule has 0 radical (unpaired) electrons. The van der Waals surface area contributed by atoms with E-state index < -0.39 is 0 Å². The van der Waals surface area contributed by atoms with Crippen LogP contribution in [0.5, 0.6) is 11.5 Å². The highest BCUT2D eigenvalue weighted by Crippen LogP contribution is 2.38. The molecule has 33 heavy (non-hydrogen) atoms. The van der Waals surface area contributed by atoms with Crippen LogP contribution in [0.3, 0.4) is 0 Å². The van der Waals surface area contributed by atoms with Crippen molar-refractivity contribution in [3.63, 3.8) is 0 Å². The summed E-state index contributed by atoms with van der Waals surface area (Å²) in [5.41, 5.74) is 4.35. The van der Waals surface area contributed by atoms with Gasteiger partial charge >= 0.3 is 0 Å². The average Bonchev–Trinajstić information content (AvgIpc) is 3.21. The van der Waals surface area contributed by atoms with E-state index in [0.29, 0.717) is 39.5 Å². The summed E-state index contributed by atoms with van der Waals surface area (Å²) in [6, 6.07) is 18.2. The Bertz CT molecular complexity index is 1390. The third kappa shape index (κ3) is 5.07. The normalized spacial score (nSPS) is 11.4. The Hall–Kier alpha value is -3.63. The molecular formula is C26H21BrFN3O2. The van der Waals surface area contributed by atoms with Gasteiger partial charge in [0.15, 0.2) is 11.5 Å². The van der Waals surface area contributed by atoms with Gasteiger partial charge in [0.25, 0.3) is 0 Å². The van der Waals surface area contributed by atoms with Gasteiger partial charge in [0.05, 0.1) is 27.7 Å². The minimum Gasteiger partial charge on any atom is -0.490 e. The molecule has 0 spiro atoms. The fourth-order valence-corrected chi connectivity index (χ4v) is 3.99. The molecular weight excluding hydrogens is 485 g/mol. The monoisotopic (exact) mass is 505 g/mol. The first-order valence-corrected chi connectivity index (χ1v) is 11.2. The zero-order chi connectivity index (χ0) is 23.4. The molecule has 1 N–H and O–H groups in total. The summed E-state index contributed by atoms with van der Waals surface area (Å²) < 4.78 is 26.3. The first-order chi connectivity index (χ1) is 16.0. The lowest BCUT2D eigenvalue weighted by atomic mass is 10.1. The van der Waals surface area contributed by atoms with E-state index in [0.717, 1.165) is 22.2 Å². The van der Waals surface area contributed by atoms with Crippen molar-refractivity contribution < 1.29 is 13.9 Å². The number of rotatable bonds is 7. The first kappa shape index (κ1) is 22.6. The Labute approximate surface area is 199 Å². The molecule has 1 aromatic heterocycles. The second kappa shape index (κ2) is 9.88. The number of nitrogens with one attached hydrogen (secondary N) is 1. The second-order valence-corrected chi connectivity index (χ2v) is 8.27. The summed E-state index contributed by atoms with van der Waals surface area (Å²) in [5, 5.41) is 9.77. The van der Waals surface area contributed by atoms with Crippen LogP contribution in [0, 0.1) is 24.1 Å². The highest BCUT2D eigenvalue weighted by Gasteiger charge is 2.15. The summed E-state index contributed by atoms with van der Waals surface area (Å²) in [7, 11) is 0. The molecule has 0 fully saturated rings. The first-order valence-electron chi connectivity index (χ1n) is 10.4. The lowest BCUT2D eigenvalue weighted by molar-refractivity contribution is 0.264. The zero-order valence-electron chi connectivity index (χ0n) is 18.2. The van der Waals surface area contributed by atoms with E-state index >= 15 is 0 Å². The number of hydrogen-bond acceptors (Lipinski definition) is 4. The zero-order valence-corrected chi connectivity index (χ0v) is 19.7. The Morgan fingerprint density at radius 2 is 2.00 bits per heavy atom. The number of allylic oxidation sites excluding steroid dienone is 1. The van der Waals surface area contributed by atoms with Crippen LogP contribution >= 0.6 is 15.9 Å². The van der Waals surface area contributed by atoms with Crippen LogP contribution in [0.2, 0.25) is 0 Å². The number of benzene rings is 3. The fraction of sp³-hybridized carbons (Fsp3) is 0.154. The predicted octanol–water partition coefficient (Wildman–Crippen LogP) is 6.81. The highest BCUT2D eigenvalue weighted by molar-refractivity contribution is 9.10. The molecule has 0 amide bonds. The van der Waals surface area contributed by atoms with Crippen LogP contribution < -0.4 is 9.47 Å². The highest BCUT2D eigenvalue weighted by atomic mass is 79.9. The largest absolute Gasteiger partial charge is 0.490 e. The van der Waals surface area contributed by atoms with Crippen LogP contribution in [0.25, 0.3) is 22.7 Å². The molecule has 5 nitrogen and oxygen atoms in total. The van der Waals surface area contributed by atoms with Gasteiger partial charge in [0, 0.05) is 5.56 Å². The quantitative estimate of drug-likeness (QED) is 0.280. The third-order valence-corrected chi connectivity index (χ3v) is 5.57. The van der Waals surface area contributed by atoms with Crippen molar-refractivity contribution in [1.82, 2.24) is 9.97 Å². The van der Waals surface area contributed by atoms with Crippen LogP contribution in [0.15, 0.2) is 59.1 Å². The lowest BCUT2D eigenvalue weighted by Crippen LogP contribution is -2.02. The van der Waals surface area contributed by atoms with Crippen molar-refractivity contribution >= 4 is 38.6 Å². The summed E-state index contributed by atoms with van der Waals surface area (Å²) in [6.07, 6.45) is 1.73. The second-order valence-electron chi connectivity index (χ2n) is 7.42. The van der Waals surface area contributed by atoms with Gasteiger partial charge in [0.1, 0.15) is 24.3 Å². The number of ether oxygens (including phenoxy) is 2. The van der Waals surface area contributed by atoms with Gasteiger partial charge in [-0.25, -0.2) is 9.37 Å². The van der Waals surface area contributed by atoms with Crippen molar-refractivity contribution in [3.8, 4) is 17.6 Å². The van der Waals surface area contributed by atoms with Gasteiger partial charge < -0.3 is 14.5 Å². The van der Waals surface area contributed by atoms with E-state index in [1.165, 1.54) is 6.07 Å². The SMILES string of the molecule is CCOc1cc(/C=C(/C#N)c2nc3ccc(C)cc3[nH]2)cc(Br)c1OCc1ccccc1F. The molecule has 4 rings (SSSR count). The molecule has 166 valence electrons. The number of nitriles is 1. The molecule has 0 saturated heterocycles. The topological polar surface area (TPSA) is 70.9 Å². The molecule has 0 atom stereocenters. The number of H-pyrrole nitrogens is 1. The van der Waals surface area contributed by atoms with E-state index in [4.69, 9.17) is 9.47 Å². The average molecular weight is 506 g/mol. The number of hydrogen-bond donors (Lipinski definition) is 1. The van der Waals surface area contributed by atoms with Crippen molar-refractivity contribution in [2.75, 3.05) is 6.61 Å². The number of fused-ring (bicyclic) bond motifs is 1. The van der Waals surface area contributed by atoms with E-state index in [1.807, 2.05) is 38.1 Å². The van der Waals surface area contributed by atoms with E-state index in [-0.39, 0.29) is 12.4 Å².